The predicted molar refractivity (Wildman–Crippen MR) is 93.9 cm³/mol. The summed E-state index contributed by atoms with van der Waals surface area (Å²) in [5.41, 5.74) is -0.264. The Labute approximate surface area is 154 Å². The van der Waals surface area contributed by atoms with Crippen molar-refractivity contribution in [3.8, 4) is 0 Å². The number of rotatable bonds is 6. The smallest absolute Gasteiger partial charge is 0.346 e. The van der Waals surface area contributed by atoms with Gasteiger partial charge in [-0.2, -0.15) is 0 Å². The van der Waals surface area contributed by atoms with E-state index >= 15 is 0 Å². The number of hydrogen-bond acceptors (Lipinski definition) is 5. The fourth-order valence-electron chi connectivity index (χ4n) is 2.41. The lowest BCUT2D eigenvalue weighted by Crippen LogP contribution is -2.33. The molecule has 1 N–H and O–H groups in total. The van der Waals surface area contributed by atoms with Gasteiger partial charge in [-0.25, -0.2) is 4.79 Å². The zero-order valence-electron chi connectivity index (χ0n) is 13.6. The molecule has 2 aromatic rings. The molecule has 0 aliphatic heterocycles. The number of ether oxygens (including phenoxy) is 1. The molecule has 0 heterocycles. The van der Waals surface area contributed by atoms with E-state index in [1.54, 1.807) is 30.3 Å². The molecule has 0 bridgehead atoms. The van der Waals surface area contributed by atoms with E-state index in [2.05, 4.69) is 5.32 Å². The van der Waals surface area contributed by atoms with E-state index in [0.717, 1.165) is 25.0 Å². The van der Waals surface area contributed by atoms with Crippen LogP contribution in [0.4, 0.5) is 5.69 Å². The summed E-state index contributed by atoms with van der Waals surface area (Å²) >= 11 is 5.85. The number of nitro groups is 1. The number of esters is 1. The van der Waals surface area contributed by atoms with Crippen LogP contribution in [0.2, 0.25) is 5.02 Å². The van der Waals surface area contributed by atoms with Gasteiger partial charge in [0.05, 0.1) is 4.92 Å². The maximum atomic E-state index is 12.5. The van der Waals surface area contributed by atoms with Gasteiger partial charge >= 0.3 is 5.97 Å². The summed E-state index contributed by atoms with van der Waals surface area (Å²) < 4.78 is 5.34. The molecule has 3 rings (SSSR count). The van der Waals surface area contributed by atoms with Crippen LogP contribution in [-0.2, 0) is 9.53 Å². The summed E-state index contributed by atoms with van der Waals surface area (Å²) in [7, 11) is 0. The first-order valence-corrected chi connectivity index (χ1v) is 8.34. The molecule has 1 saturated carbocycles. The van der Waals surface area contributed by atoms with Crippen LogP contribution in [0.1, 0.15) is 34.9 Å². The van der Waals surface area contributed by atoms with Crippen molar-refractivity contribution in [1.29, 1.82) is 0 Å². The average Bonchev–Trinajstić information content (AvgIpc) is 3.43. The normalized spacial score (nSPS) is 14.3. The van der Waals surface area contributed by atoms with Gasteiger partial charge in [0.25, 0.3) is 11.6 Å². The summed E-state index contributed by atoms with van der Waals surface area (Å²) in [6.45, 7) is 0. The number of hydrogen-bond donors (Lipinski definition) is 1. The van der Waals surface area contributed by atoms with Crippen molar-refractivity contribution in [3.05, 3.63) is 74.8 Å². The fraction of sp³-hybridized carbons (Fsp3) is 0.222. The number of benzene rings is 2. The van der Waals surface area contributed by atoms with E-state index in [4.69, 9.17) is 16.3 Å². The summed E-state index contributed by atoms with van der Waals surface area (Å²) in [5, 5.41) is 14.1. The minimum atomic E-state index is -1.21. The second-order valence-electron chi connectivity index (χ2n) is 5.90. The molecule has 0 aromatic heterocycles. The number of nitro benzene ring substituents is 1. The first kappa shape index (κ1) is 17.9. The Morgan fingerprint density at radius 3 is 2.50 bits per heavy atom. The minimum absolute atomic E-state index is 0.0768. The van der Waals surface area contributed by atoms with E-state index in [0.29, 0.717) is 5.56 Å². The zero-order valence-corrected chi connectivity index (χ0v) is 14.3. The number of nitrogens with zero attached hydrogens (tertiary/aromatic N) is 1. The Bertz CT molecular complexity index is 852. The molecule has 8 heteroatoms. The highest BCUT2D eigenvalue weighted by Gasteiger charge is 2.32. The lowest BCUT2D eigenvalue weighted by atomic mass is 10.1. The van der Waals surface area contributed by atoms with E-state index in [1.807, 2.05) is 0 Å². The molecule has 1 aliphatic rings. The molecule has 0 radical (unpaired) electrons. The first-order valence-electron chi connectivity index (χ1n) is 7.96. The van der Waals surface area contributed by atoms with Crippen LogP contribution in [-0.4, -0.2) is 22.8 Å². The summed E-state index contributed by atoms with van der Waals surface area (Å²) in [6, 6.07) is 12.2. The fourth-order valence-corrected chi connectivity index (χ4v) is 2.58. The summed E-state index contributed by atoms with van der Waals surface area (Å²) in [5.74, 6) is -1.45. The van der Waals surface area contributed by atoms with Crippen LogP contribution in [0.3, 0.4) is 0 Å². The summed E-state index contributed by atoms with van der Waals surface area (Å²) in [4.78, 5) is 35.5. The van der Waals surface area contributed by atoms with Crippen LogP contribution < -0.4 is 5.32 Å². The highest BCUT2D eigenvalue weighted by atomic mass is 35.5. The topological polar surface area (TPSA) is 98.5 Å². The highest BCUT2D eigenvalue weighted by Crippen LogP contribution is 2.27. The SMILES string of the molecule is O=C(O[C@@H](C(=O)NC1CC1)c1ccccc1)c1cc(Cl)ccc1[N+](=O)[O-]. The first-order chi connectivity index (χ1) is 12.5. The average molecular weight is 375 g/mol. The van der Waals surface area contributed by atoms with Gasteiger partial charge in [-0.3, -0.25) is 14.9 Å². The lowest BCUT2D eigenvalue weighted by Gasteiger charge is -2.18. The van der Waals surface area contributed by atoms with Crippen molar-refractivity contribution in [2.45, 2.75) is 25.0 Å². The van der Waals surface area contributed by atoms with Gasteiger partial charge in [0, 0.05) is 22.7 Å². The van der Waals surface area contributed by atoms with E-state index in [1.165, 1.54) is 6.07 Å². The molecule has 134 valence electrons. The Morgan fingerprint density at radius 2 is 1.88 bits per heavy atom. The third kappa shape index (κ3) is 4.18. The maximum Gasteiger partial charge on any atom is 0.346 e. The molecule has 0 saturated heterocycles. The molecule has 1 fully saturated rings. The van der Waals surface area contributed by atoms with Gasteiger partial charge in [-0.1, -0.05) is 41.9 Å². The van der Waals surface area contributed by atoms with Crippen LogP contribution in [0.15, 0.2) is 48.5 Å². The zero-order chi connectivity index (χ0) is 18.7. The number of halogens is 1. The minimum Gasteiger partial charge on any atom is -0.443 e. The number of carbonyl (C=O) groups excluding carboxylic acids is 2. The Balaban J connectivity index is 1.89. The molecule has 1 amide bonds. The van der Waals surface area contributed by atoms with E-state index in [-0.39, 0.29) is 16.6 Å². The van der Waals surface area contributed by atoms with Crippen LogP contribution in [0.25, 0.3) is 0 Å². The van der Waals surface area contributed by atoms with Crippen molar-refractivity contribution in [2.24, 2.45) is 0 Å². The van der Waals surface area contributed by atoms with Gasteiger partial charge in [-0.15, -0.1) is 0 Å². The molecule has 7 nitrogen and oxygen atoms in total. The molecular formula is C18H15ClN2O5. The van der Waals surface area contributed by atoms with Crippen LogP contribution >= 0.6 is 11.6 Å². The highest BCUT2D eigenvalue weighted by molar-refractivity contribution is 6.31. The van der Waals surface area contributed by atoms with Gasteiger partial charge < -0.3 is 10.1 Å². The molecule has 0 unspecified atom stereocenters. The monoisotopic (exact) mass is 374 g/mol. The molecular weight excluding hydrogens is 360 g/mol. The Kier molecular flexibility index (Phi) is 5.18. The molecule has 1 aliphatic carbocycles. The van der Waals surface area contributed by atoms with Crippen LogP contribution in [0, 0.1) is 10.1 Å². The van der Waals surface area contributed by atoms with Crippen molar-refractivity contribution in [1.82, 2.24) is 5.32 Å². The third-order valence-electron chi connectivity index (χ3n) is 3.86. The molecule has 2 aromatic carbocycles. The summed E-state index contributed by atoms with van der Waals surface area (Å²) in [6.07, 6.45) is 0.546. The van der Waals surface area contributed by atoms with Gasteiger partial charge in [0.15, 0.2) is 0 Å². The van der Waals surface area contributed by atoms with Crippen molar-refractivity contribution < 1.29 is 19.2 Å². The van der Waals surface area contributed by atoms with Crippen LogP contribution in [0.5, 0.6) is 0 Å². The third-order valence-corrected chi connectivity index (χ3v) is 4.10. The number of carbonyl (C=O) groups is 2. The molecule has 0 spiro atoms. The second kappa shape index (κ2) is 7.53. The Hall–Kier alpha value is -2.93. The molecule has 26 heavy (non-hydrogen) atoms. The van der Waals surface area contributed by atoms with Gasteiger partial charge in [0.1, 0.15) is 5.56 Å². The quantitative estimate of drug-likeness (QED) is 0.474. The molecule has 1 atom stereocenters. The van der Waals surface area contributed by atoms with Crippen molar-refractivity contribution in [3.63, 3.8) is 0 Å². The predicted octanol–water partition coefficient (Wildman–Crippen LogP) is 3.42. The van der Waals surface area contributed by atoms with E-state index in [9.17, 15) is 19.7 Å². The van der Waals surface area contributed by atoms with Gasteiger partial charge in [-0.05, 0) is 25.0 Å². The van der Waals surface area contributed by atoms with Crippen molar-refractivity contribution >= 4 is 29.2 Å². The lowest BCUT2D eigenvalue weighted by molar-refractivity contribution is -0.385. The second-order valence-corrected chi connectivity index (χ2v) is 6.33. The largest absolute Gasteiger partial charge is 0.443 e. The number of nitrogens with one attached hydrogen (secondary N) is 1. The van der Waals surface area contributed by atoms with Crippen molar-refractivity contribution in [2.75, 3.05) is 0 Å². The standard InChI is InChI=1S/C18H15ClN2O5/c19-12-6-9-15(21(24)25)14(10-12)18(23)26-16(11-4-2-1-3-5-11)17(22)20-13-7-8-13/h1-6,9-10,13,16H,7-8H2,(H,20,22)/t16-/m1/s1. The number of amides is 1. The maximum absolute atomic E-state index is 12.5. The van der Waals surface area contributed by atoms with Gasteiger partial charge in [0.2, 0.25) is 6.10 Å². The Morgan fingerprint density at radius 1 is 1.19 bits per heavy atom. The van der Waals surface area contributed by atoms with E-state index < -0.39 is 28.6 Å².